The number of carbonyl (C=O) groups is 2. The molecule has 0 aromatic heterocycles. The fourth-order valence-electron chi connectivity index (χ4n) is 3.41. The fourth-order valence-corrected chi connectivity index (χ4v) is 3.41. The second-order valence-corrected chi connectivity index (χ2v) is 6.10. The van der Waals surface area contributed by atoms with Gasteiger partial charge in [0, 0.05) is 12.6 Å². The summed E-state index contributed by atoms with van der Waals surface area (Å²) in [6.07, 6.45) is 8.64. The van der Waals surface area contributed by atoms with Crippen LogP contribution in [0.5, 0.6) is 0 Å². The summed E-state index contributed by atoms with van der Waals surface area (Å²) < 4.78 is 0. The van der Waals surface area contributed by atoms with Gasteiger partial charge in [0.05, 0.1) is 6.04 Å². The lowest BCUT2D eigenvalue weighted by atomic mass is 10.1. The van der Waals surface area contributed by atoms with E-state index < -0.39 is 12.0 Å². The van der Waals surface area contributed by atoms with Crippen LogP contribution < -0.4 is 5.32 Å². The highest BCUT2D eigenvalue weighted by atomic mass is 16.4. The van der Waals surface area contributed by atoms with Crippen molar-refractivity contribution in [2.75, 3.05) is 6.54 Å². The van der Waals surface area contributed by atoms with Crippen molar-refractivity contribution in [2.24, 2.45) is 0 Å². The van der Waals surface area contributed by atoms with Gasteiger partial charge in [-0.3, -0.25) is 4.79 Å². The van der Waals surface area contributed by atoms with Crippen LogP contribution in [0, 0.1) is 0 Å². The van der Waals surface area contributed by atoms with Crippen LogP contribution in [0.1, 0.15) is 58.3 Å². The molecule has 2 aliphatic rings. The number of aliphatic carboxylic acids is 1. The molecule has 2 rings (SSSR count). The SMILES string of the molecule is C[C@H](NC1CCCCCC1)C(=O)N1CCC[C@H]1C(=O)O. The molecule has 114 valence electrons. The summed E-state index contributed by atoms with van der Waals surface area (Å²) in [4.78, 5) is 25.1. The molecule has 1 heterocycles. The summed E-state index contributed by atoms with van der Waals surface area (Å²) in [5, 5.41) is 12.6. The Labute approximate surface area is 120 Å². The summed E-state index contributed by atoms with van der Waals surface area (Å²) in [7, 11) is 0. The molecular formula is C15H26N2O3. The van der Waals surface area contributed by atoms with Crippen molar-refractivity contribution < 1.29 is 14.7 Å². The number of nitrogens with one attached hydrogen (secondary N) is 1. The van der Waals surface area contributed by atoms with Crippen molar-refractivity contribution in [1.29, 1.82) is 0 Å². The monoisotopic (exact) mass is 282 g/mol. The molecule has 1 aliphatic carbocycles. The predicted octanol–water partition coefficient (Wildman–Crippen LogP) is 1.76. The number of carbonyl (C=O) groups excluding carboxylic acids is 1. The Balaban J connectivity index is 1.89. The molecule has 1 amide bonds. The first-order chi connectivity index (χ1) is 9.59. The Morgan fingerprint density at radius 2 is 1.75 bits per heavy atom. The third kappa shape index (κ3) is 3.72. The molecule has 1 saturated heterocycles. The highest BCUT2D eigenvalue weighted by Gasteiger charge is 2.36. The Morgan fingerprint density at radius 1 is 1.10 bits per heavy atom. The largest absolute Gasteiger partial charge is 0.480 e. The molecule has 2 N–H and O–H groups in total. The molecule has 0 bridgehead atoms. The molecule has 0 unspecified atom stereocenters. The van der Waals surface area contributed by atoms with E-state index in [9.17, 15) is 9.59 Å². The van der Waals surface area contributed by atoms with Crippen molar-refractivity contribution in [1.82, 2.24) is 10.2 Å². The second-order valence-electron chi connectivity index (χ2n) is 6.10. The molecule has 1 aliphatic heterocycles. The van der Waals surface area contributed by atoms with Gasteiger partial charge < -0.3 is 15.3 Å². The number of likely N-dealkylation sites (tertiary alicyclic amines) is 1. The van der Waals surface area contributed by atoms with E-state index in [2.05, 4.69) is 5.32 Å². The van der Waals surface area contributed by atoms with E-state index >= 15 is 0 Å². The van der Waals surface area contributed by atoms with Gasteiger partial charge in [0.1, 0.15) is 6.04 Å². The number of carboxylic acid groups (broad SMARTS) is 1. The van der Waals surface area contributed by atoms with Crippen molar-refractivity contribution in [3.05, 3.63) is 0 Å². The van der Waals surface area contributed by atoms with Crippen LogP contribution in [-0.4, -0.2) is 46.6 Å². The molecule has 0 spiro atoms. The van der Waals surface area contributed by atoms with Gasteiger partial charge in [-0.2, -0.15) is 0 Å². The summed E-state index contributed by atoms with van der Waals surface area (Å²) in [5.74, 6) is -0.934. The molecule has 1 saturated carbocycles. The van der Waals surface area contributed by atoms with Crippen molar-refractivity contribution >= 4 is 11.9 Å². The zero-order valence-electron chi connectivity index (χ0n) is 12.3. The molecule has 0 aromatic carbocycles. The average molecular weight is 282 g/mol. The third-order valence-corrected chi connectivity index (χ3v) is 4.53. The summed E-state index contributed by atoms with van der Waals surface area (Å²) >= 11 is 0. The van der Waals surface area contributed by atoms with E-state index in [4.69, 9.17) is 5.11 Å². The van der Waals surface area contributed by atoms with Crippen LogP contribution in [0.25, 0.3) is 0 Å². The van der Waals surface area contributed by atoms with Gasteiger partial charge in [-0.15, -0.1) is 0 Å². The maximum atomic E-state index is 12.4. The number of amides is 1. The summed E-state index contributed by atoms with van der Waals surface area (Å²) in [6.45, 7) is 2.44. The number of rotatable bonds is 4. The first-order valence-corrected chi connectivity index (χ1v) is 7.89. The molecule has 2 fully saturated rings. The first-order valence-electron chi connectivity index (χ1n) is 7.89. The third-order valence-electron chi connectivity index (χ3n) is 4.53. The van der Waals surface area contributed by atoms with E-state index in [0.29, 0.717) is 19.0 Å². The minimum absolute atomic E-state index is 0.0563. The zero-order valence-corrected chi connectivity index (χ0v) is 12.3. The van der Waals surface area contributed by atoms with Gasteiger partial charge >= 0.3 is 5.97 Å². The smallest absolute Gasteiger partial charge is 0.326 e. The lowest BCUT2D eigenvalue weighted by Crippen LogP contribution is -2.51. The lowest BCUT2D eigenvalue weighted by Gasteiger charge is -2.28. The molecular weight excluding hydrogens is 256 g/mol. The molecule has 20 heavy (non-hydrogen) atoms. The van der Waals surface area contributed by atoms with Gasteiger partial charge in [-0.1, -0.05) is 25.7 Å². The number of nitrogens with zero attached hydrogens (tertiary/aromatic N) is 1. The van der Waals surface area contributed by atoms with Crippen molar-refractivity contribution in [3.63, 3.8) is 0 Å². The maximum absolute atomic E-state index is 12.4. The predicted molar refractivity (Wildman–Crippen MR) is 76.5 cm³/mol. The van der Waals surface area contributed by atoms with Crippen LogP contribution in [0.3, 0.4) is 0 Å². The number of carboxylic acids is 1. The lowest BCUT2D eigenvalue weighted by molar-refractivity contribution is -0.148. The number of hydrogen-bond acceptors (Lipinski definition) is 3. The molecule has 5 heteroatoms. The van der Waals surface area contributed by atoms with E-state index in [-0.39, 0.29) is 11.9 Å². The Kier molecular flexibility index (Phi) is 5.40. The normalized spacial score (nSPS) is 26.2. The van der Waals surface area contributed by atoms with Gasteiger partial charge in [0.25, 0.3) is 0 Å². The van der Waals surface area contributed by atoms with E-state index in [1.54, 1.807) is 0 Å². The second kappa shape index (κ2) is 7.07. The Morgan fingerprint density at radius 3 is 2.35 bits per heavy atom. The van der Waals surface area contributed by atoms with Gasteiger partial charge in [-0.25, -0.2) is 4.79 Å². The van der Waals surface area contributed by atoms with E-state index in [0.717, 1.165) is 19.3 Å². The van der Waals surface area contributed by atoms with Gasteiger partial charge in [0.15, 0.2) is 0 Å². The molecule has 0 aromatic rings. The van der Waals surface area contributed by atoms with E-state index in [1.165, 1.54) is 30.6 Å². The van der Waals surface area contributed by atoms with Crippen LogP contribution in [0.15, 0.2) is 0 Å². The van der Waals surface area contributed by atoms with Crippen LogP contribution in [-0.2, 0) is 9.59 Å². The quantitative estimate of drug-likeness (QED) is 0.771. The Bertz CT molecular complexity index is 351. The van der Waals surface area contributed by atoms with E-state index in [1.807, 2.05) is 6.92 Å². The topological polar surface area (TPSA) is 69.6 Å². The fraction of sp³-hybridized carbons (Fsp3) is 0.867. The molecule has 2 atom stereocenters. The summed E-state index contributed by atoms with van der Waals surface area (Å²) in [6, 6.07) is -0.499. The molecule has 5 nitrogen and oxygen atoms in total. The standard InChI is InChI=1S/C15H26N2O3/c1-11(16-12-7-4-2-3-5-8-12)14(18)17-10-6-9-13(17)15(19)20/h11-13,16H,2-10H2,1H3,(H,19,20)/t11-,13-/m0/s1. The van der Waals surface area contributed by atoms with Crippen LogP contribution in [0.4, 0.5) is 0 Å². The number of hydrogen-bond donors (Lipinski definition) is 2. The highest BCUT2D eigenvalue weighted by molar-refractivity contribution is 5.87. The van der Waals surface area contributed by atoms with Crippen molar-refractivity contribution in [2.45, 2.75) is 76.4 Å². The van der Waals surface area contributed by atoms with Crippen LogP contribution in [0.2, 0.25) is 0 Å². The van der Waals surface area contributed by atoms with Gasteiger partial charge in [0.2, 0.25) is 5.91 Å². The van der Waals surface area contributed by atoms with Crippen LogP contribution >= 0.6 is 0 Å². The van der Waals surface area contributed by atoms with Crippen molar-refractivity contribution in [3.8, 4) is 0 Å². The minimum Gasteiger partial charge on any atom is -0.480 e. The summed E-state index contributed by atoms with van der Waals surface area (Å²) in [5.41, 5.74) is 0. The Hall–Kier alpha value is -1.10. The zero-order chi connectivity index (χ0) is 14.5. The minimum atomic E-state index is -0.877. The first kappa shape index (κ1) is 15.3. The average Bonchev–Trinajstić information content (AvgIpc) is 2.77. The van der Waals surface area contributed by atoms with Gasteiger partial charge in [-0.05, 0) is 32.6 Å². The maximum Gasteiger partial charge on any atom is 0.326 e. The molecule has 0 radical (unpaired) electrons. The highest BCUT2D eigenvalue weighted by Crippen LogP contribution is 2.20.